The van der Waals surface area contributed by atoms with E-state index in [1.54, 1.807) is 18.0 Å². The lowest BCUT2D eigenvalue weighted by atomic mass is 10.0. The molecule has 1 unspecified atom stereocenters. The van der Waals surface area contributed by atoms with Crippen molar-refractivity contribution in [3.8, 4) is 0 Å². The molecule has 1 fully saturated rings. The Morgan fingerprint density at radius 1 is 1.32 bits per heavy atom. The van der Waals surface area contributed by atoms with Crippen LogP contribution in [0.2, 0.25) is 0 Å². The highest BCUT2D eigenvalue weighted by molar-refractivity contribution is 7.91. The number of sulfone groups is 1. The van der Waals surface area contributed by atoms with E-state index in [9.17, 15) is 13.2 Å². The maximum absolute atomic E-state index is 12.4. The molecule has 0 aliphatic carbocycles. The summed E-state index contributed by atoms with van der Waals surface area (Å²) in [5, 5.41) is 0. The van der Waals surface area contributed by atoms with Crippen molar-refractivity contribution in [3.05, 3.63) is 34.9 Å². The molecule has 1 aliphatic rings. The lowest BCUT2D eigenvalue weighted by Gasteiger charge is -2.24. The Balaban J connectivity index is 2.23. The van der Waals surface area contributed by atoms with Crippen molar-refractivity contribution < 1.29 is 13.2 Å². The van der Waals surface area contributed by atoms with Crippen LogP contribution in [0.5, 0.6) is 0 Å². The summed E-state index contributed by atoms with van der Waals surface area (Å²) in [6, 6.07) is 5.42. The summed E-state index contributed by atoms with van der Waals surface area (Å²) < 4.78 is 23.0. The molecular formula is C14H19NO3S. The number of benzene rings is 1. The second-order valence-electron chi connectivity index (χ2n) is 5.22. The van der Waals surface area contributed by atoms with Crippen molar-refractivity contribution in [1.29, 1.82) is 0 Å². The highest BCUT2D eigenvalue weighted by Gasteiger charge is 2.33. The minimum Gasteiger partial charge on any atom is -0.338 e. The fourth-order valence-corrected chi connectivity index (χ4v) is 4.19. The molecule has 0 aromatic heterocycles. The van der Waals surface area contributed by atoms with E-state index in [-0.39, 0.29) is 23.5 Å². The van der Waals surface area contributed by atoms with Crippen LogP contribution < -0.4 is 0 Å². The molecule has 0 spiro atoms. The zero-order valence-corrected chi connectivity index (χ0v) is 12.3. The number of carbonyl (C=O) groups is 1. The van der Waals surface area contributed by atoms with Crippen molar-refractivity contribution in [3.63, 3.8) is 0 Å². The minimum atomic E-state index is -2.97. The van der Waals surface area contributed by atoms with Crippen LogP contribution in [-0.2, 0) is 9.84 Å². The summed E-state index contributed by atoms with van der Waals surface area (Å²) >= 11 is 0. The highest BCUT2D eigenvalue weighted by Crippen LogP contribution is 2.20. The van der Waals surface area contributed by atoms with Crippen LogP contribution in [0.25, 0.3) is 0 Å². The largest absolute Gasteiger partial charge is 0.338 e. The molecule has 5 heteroatoms. The fourth-order valence-electron chi connectivity index (χ4n) is 2.42. The predicted molar refractivity (Wildman–Crippen MR) is 75.1 cm³/mol. The van der Waals surface area contributed by atoms with E-state index in [0.29, 0.717) is 12.0 Å². The van der Waals surface area contributed by atoms with E-state index in [4.69, 9.17) is 0 Å². The van der Waals surface area contributed by atoms with Crippen LogP contribution in [0, 0.1) is 13.8 Å². The molecule has 19 heavy (non-hydrogen) atoms. The van der Waals surface area contributed by atoms with Gasteiger partial charge in [-0.1, -0.05) is 12.1 Å². The Morgan fingerprint density at radius 3 is 2.58 bits per heavy atom. The van der Waals surface area contributed by atoms with Gasteiger partial charge < -0.3 is 4.90 Å². The van der Waals surface area contributed by atoms with Crippen LogP contribution in [-0.4, -0.2) is 43.8 Å². The smallest absolute Gasteiger partial charge is 0.254 e. The molecular weight excluding hydrogens is 262 g/mol. The van der Waals surface area contributed by atoms with Gasteiger partial charge in [-0.25, -0.2) is 8.42 Å². The number of hydrogen-bond donors (Lipinski definition) is 0. The molecule has 1 amide bonds. The Morgan fingerprint density at radius 2 is 2.00 bits per heavy atom. The maximum Gasteiger partial charge on any atom is 0.254 e. The zero-order chi connectivity index (χ0) is 14.2. The van der Waals surface area contributed by atoms with Gasteiger partial charge in [0.25, 0.3) is 5.91 Å². The SMILES string of the molecule is Cc1cccc(C(=O)N(C)C2CCS(=O)(=O)C2)c1C. The maximum atomic E-state index is 12.4. The van der Waals surface area contributed by atoms with E-state index in [0.717, 1.165) is 11.1 Å². The Labute approximate surface area is 114 Å². The van der Waals surface area contributed by atoms with E-state index >= 15 is 0 Å². The van der Waals surface area contributed by atoms with E-state index in [1.165, 1.54) is 0 Å². The first kappa shape index (κ1) is 14.1. The van der Waals surface area contributed by atoms with Crippen LogP contribution in [0.15, 0.2) is 18.2 Å². The molecule has 0 bridgehead atoms. The number of carbonyl (C=O) groups excluding carboxylic acids is 1. The third-order valence-corrected chi connectivity index (χ3v) is 5.66. The molecule has 0 radical (unpaired) electrons. The van der Waals surface area contributed by atoms with Crippen LogP contribution >= 0.6 is 0 Å². The molecule has 2 rings (SSSR count). The Hall–Kier alpha value is -1.36. The van der Waals surface area contributed by atoms with Gasteiger partial charge in [-0.15, -0.1) is 0 Å². The molecule has 0 N–H and O–H groups in total. The molecule has 1 heterocycles. The summed E-state index contributed by atoms with van der Waals surface area (Å²) in [6.45, 7) is 3.88. The third kappa shape index (κ3) is 2.81. The number of rotatable bonds is 2. The molecule has 1 aromatic rings. The van der Waals surface area contributed by atoms with Crippen LogP contribution in [0.1, 0.15) is 27.9 Å². The minimum absolute atomic E-state index is 0.0834. The summed E-state index contributed by atoms with van der Waals surface area (Å²) in [6.07, 6.45) is 0.537. The van der Waals surface area contributed by atoms with Gasteiger partial charge in [-0.05, 0) is 37.5 Å². The molecule has 1 atom stereocenters. The first-order valence-corrected chi connectivity index (χ1v) is 8.18. The molecule has 104 valence electrons. The second kappa shape index (κ2) is 4.96. The van der Waals surface area contributed by atoms with Crippen molar-refractivity contribution in [1.82, 2.24) is 4.90 Å². The van der Waals surface area contributed by atoms with Crippen molar-refractivity contribution >= 4 is 15.7 Å². The van der Waals surface area contributed by atoms with Gasteiger partial charge in [0.15, 0.2) is 9.84 Å². The van der Waals surface area contributed by atoms with Gasteiger partial charge >= 0.3 is 0 Å². The lowest BCUT2D eigenvalue weighted by molar-refractivity contribution is 0.0747. The summed E-state index contributed by atoms with van der Waals surface area (Å²) in [5.74, 6) is 0.172. The first-order chi connectivity index (χ1) is 8.82. The van der Waals surface area contributed by atoms with Gasteiger partial charge in [0, 0.05) is 18.7 Å². The summed E-state index contributed by atoms with van der Waals surface area (Å²) in [7, 11) is -1.28. The topological polar surface area (TPSA) is 54.5 Å². The van der Waals surface area contributed by atoms with Crippen LogP contribution in [0.3, 0.4) is 0 Å². The summed E-state index contributed by atoms with van der Waals surface area (Å²) in [5.41, 5.74) is 2.69. The van der Waals surface area contributed by atoms with E-state index < -0.39 is 9.84 Å². The number of hydrogen-bond acceptors (Lipinski definition) is 3. The number of aryl methyl sites for hydroxylation is 1. The van der Waals surface area contributed by atoms with E-state index in [1.807, 2.05) is 26.0 Å². The predicted octanol–water partition coefficient (Wildman–Crippen LogP) is 1.56. The monoisotopic (exact) mass is 281 g/mol. The highest BCUT2D eigenvalue weighted by atomic mass is 32.2. The van der Waals surface area contributed by atoms with Gasteiger partial charge in [0.2, 0.25) is 0 Å². The quantitative estimate of drug-likeness (QED) is 0.826. The van der Waals surface area contributed by atoms with Crippen molar-refractivity contribution in [2.45, 2.75) is 26.3 Å². The van der Waals surface area contributed by atoms with Crippen LogP contribution in [0.4, 0.5) is 0 Å². The standard InChI is InChI=1S/C14H19NO3S/c1-10-5-4-6-13(11(10)2)14(16)15(3)12-7-8-19(17,18)9-12/h4-6,12H,7-9H2,1-3H3. The average Bonchev–Trinajstić information content (AvgIpc) is 2.71. The van der Waals surface area contributed by atoms with Crippen molar-refractivity contribution in [2.75, 3.05) is 18.6 Å². The molecule has 0 saturated carbocycles. The fraction of sp³-hybridized carbons (Fsp3) is 0.500. The second-order valence-corrected chi connectivity index (χ2v) is 7.45. The molecule has 4 nitrogen and oxygen atoms in total. The lowest BCUT2D eigenvalue weighted by Crippen LogP contribution is -2.38. The number of amides is 1. The van der Waals surface area contributed by atoms with Crippen molar-refractivity contribution in [2.24, 2.45) is 0 Å². The molecule has 1 aromatic carbocycles. The Bertz CT molecular complexity index is 607. The van der Waals surface area contributed by atoms with E-state index in [2.05, 4.69) is 0 Å². The zero-order valence-electron chi connectivity index (χ0n) is 11.5. The van der Waals surface area contributed by atoms with Gasteiger partial charge in [0.05, 0.1) is 11.5 Å². The third-order valence-electron chi connectivity index (χ3n) is 3.91. The Kier molecular flexibility index (Phi) is 3.67. The molecule has 1 aliphatic heterocycles. The average molecular weight is 281 g/mol. The van der Waals surface area contributed by atoms with Gasteiger partial charge in [-0.2, -0.15) is 0 Å². The normalized spacial score (nSPS) is 21.3. The van der Waals surface area contributed by atoms with Gasteiger partial charge in [0.1, 0.15) is 0 Å². The number of nitrogens with zero attached hydrogens (tertiary/aromatic N) is 1. The molecule has 1 saturated heterocycles. The van der Waals surface area contributed by atoms with Gasteiger partial charge in [-0.3, -0.25) is 4.79 Å². The first-order valence-electron chi connectivity index (χ1n) is 6.35. The summed E-state index contributed by atoms with van der Waals surface area (Å²) in [4.78, 5) is 14.0.